The minimum atomic E-state index is -3.53. The number of rotatable bonds is 5. The molecule has 0 aliphatic heterocycles. The van der Waals surface area contributed by atoms with Gasteiger partial charge in [-0.25, -0.2) is 22.8 Å². The molecule has 1 amide bonds. The molecule has 3 aromatic rings. The Bertz CT molecular complexity index is 1180. The molecule has 11 heteroatoms. The number of nitrogens with zero attached hydrogens (tertiary/aromatic N) is 3. The third-order valence-corrected chi connectivity index (χ3v) is 4.65. The van der Waals surface area contributed by atoms with Crippen molar-refractivity contribution in [1.29, 1.82) is 0 Å². The quantitative estimate of drug-likeness (QED) is 0.652. The molecule has 146 valence electrons. The molecule has 0 atom stereocenters. The third kappa shape index (κ3) is 4.12. The van der Waals surface area contributed by atoms with Crippen LogP contribution in [0.3, 0.4) is 0 Å². The smallest absolute Gasteiger partial charge is 0.250 e. The molecule has 2 heterocycles. The van der Waals surface area contributed by atoms with E-state index in [1.807, 2.05) is 0 Å². The highest BCUT2D eigenvalue weighted by Gasteiger charge is 2.21. The zero-order chi connectivity index (χ0) is 20.6. The molecule has 3 N–H and O–H groups in total. The van der Waals surface area contributed by atoms with Crippen LogP contribution in [-0.2, 0) is 17.1 Å². The number of halogens is 2. The van der Waals surface area contributed by atoms with E-state index in [0.717, 1.165) is 18.6 Å². The topological polar surface area (TPSA) is 120 Å². The summed E-state index contributed by atoms with van der Waals surface area (Å²) in [4.78, 5) is 19.9. The van der Waals surface area contributed by atoms with Gasteiger partial charge in [-0.05, 0) is 24.3 Å². The van der Waals surface area contributed by atoms with E-state index in [1.165, 1.54) is 18.2 Å². The summed E-state index contributed by atoms with van der Waals surface area (Å²) in [5, 5.41) is 0.250. The van der Waals surface area contributed by atoms with Gasteiger partial charge in [0.1, 0.15) is 0 Å². The maximum atomic E-state index is 13.1. The molecule has 0 bridgehead atoms. The van der Waals surface area contributed by atoms with E-state index in [-0.39, 0.29) is 22.1 Å². The SMILES string of the molecule is Cn1c(-c2ncc(F)cn2)cc(C(N)=O)c1-c1cc(Cl)cc(NS(C)(=O)=O)c1. The lowest BCUT2D eigenvalue weighted by Crippen LogP contribution is -2.12. The van der Waals surface area contributed by atoms with Crippen LogP contribution in [0.15, 0.2) is 36.7 Å². The molecule has 0 unspecified atom stereocenters. The number of hydrogen-bond donors (Lipinski definition) is 2. The first-order valence-electron chi connectivity index (χ1n) is 7.81. The van der Waals surface area contributed by atoms with Gasteiger partial charge in [0.15, 0.2) is 11.6 Å². The highest BCUT2D eigenvalue weighted by Crippen LogP contribution is 2.34. The average Bonchev–Trinajstić information content (AvgIpc) is 2.91. The van der Waals surface area contributed by atoms with Crippen molar-refractivity contribution < 1.29 is 17.6 Å². The number of primary amides is 1. The largest absolute Gasteiger partial charge is 0.366 e. The van der Waals surface area contributed by atoms with Crippen LogP contribution >= 0.6 is 11.6 Å². The van der Waals surface area contributed by atoms with Gasteiger partial charge in [0.25, 0.3) is 5.91 Å². The number of carbonyl (C=O) groups excluding carboxylic acids is 1. The van der Waals surface area contributed by atoms with Gasteiger partial charge in [-0.3, -0.25) is 9.52 Å². The summed E-state index contributed by atoms with van der Waals surface area (Å²) < 4.78 is 40.1. The minimum absolute atomic E-state index is 0.151. The van der Waals surface area contributed by atoms with E-state index in [0.29, 0.717) is 17.0 Å². The summed E-state index contributed by atoms with van der Waals surface area (Å²) in [5.41, 5.74) is 7.14. The van der Waals surface area contributed by atoms with E-state index >= 15 is 0 Å². The Morgan fingerprint density at radius 3 is 2.43 bits per heavy atom. The van der Waals surface area contributed by atoms with Crippen LogP contribution in [-0.4, -0.2) is 35.1 Å². The molecular weight excluding hydrogens is 409 g/mol. The number of amides is 1. The second kappa shape index (κ2) is 7.21. The summed E-state index contributed by atoms with van der Waals surface area (Å²) in [7, 11) is -1.89. The Balaban J connectivity index is 2.21. The number of sulfonamides is 1. The molecule has 0 saturated carbocycles. The zero-order valence-corrected chi connectivity index (χ0v) is 16.3. The summed E-state index contributed by atoms with van der Waals surface area (Å²) in [6.45, 7) is 0. The molecule has 1 aromatic carbocycles. The lowest BCUT2D eigenvalue weighted by molar-refractivity contribution is 0.100. The number of nitrogens with one attached hydrogen (secondary N) is 1. The molecule has 28 heavy (non-hydrogen) atoms. The monoisotopic (exact) mass is 423 g/mol. The molecule has 8 nitrogen and oxygen atoms in total. The van der Waals surface area contributed by atoms with E-state index in [4.69, 9.17) is 17.3 Å². The fourth-order valence-corrected chi connectivity index (χ4v) is 3.58. The Labute approximate surface area is 165 Å². The lowest BCUT2D eigenvalue weighted by Gasteiger charge is -2.11. The molecule has 0 aliphatic carbocycles. The Kier molecular flexibility index (Phi) is 5.09. The molecule has 3 rings (SSSR count). The first kappa shape index (κ1) is 19.8. The van der Waals surface area contributed by atoms with E-state index in [9.17, 15) is 17.6 Å². The lowest BCUT2D eigenvalue weighted by atomic mass is 10.1. The summed E-state index contributed by atoms with van der Waals surface area (Å²) in [6.07, 6.45) is 3.02. The van der Waals surface area contributed by atoms with Crippen LogP contribution in [0, 0.1) is 5.82 Å². The fourth-order valence-electron chi connectivity index (χ4n) is 2.80. The van der Waals surface area contributed by atoms with Gasteiger partial charge in [-0.15, -0.1) is 0 Å². The van der Waals surface area contributed by atoms with Gasteiger partial charge in [-0.2, -0.15) is 0 Å². The summed E-state index contributed by atoms with van der Waals surface area (Å²) in [5.74, 6) is -1.12. The second-order valence-corrected chi connectivity index (χ2v) is 8.23. The average molecular weight is 424 g/mol. The number of hydrogen-bond acceptors (Lipinski definition) is 5. The predicted molar refractivity (Wildman–Crippen MR) is 104 cm³/mol. The van der Waals surface area contributed by atoms with Gasteiger partial charge in [-0.1, -0.05) is 11.6 Å². The molecule has 0 aliphatic rings. The van der Waals surface area contributed by atoms with Gasteiger partial charge < -0.3 is 10.3 Å². The second-order valence-electron chi connectivity index (χ2n) is 6.04. The van der Waals surface area contributed by atoms with E-state index < -0.39 is 21.7 Å². The fraction of sp³-hybridized carbons (Fsp3) is 0.118. The molecular formula is C17H15ClFN5O3S. The van der Waals surface area contributed by atoms with E-state index in [1.54, 1.807) is 17.7 Å². The van der Waals surface area contributed by atoms with Crippen molar-refractivity contribution in [2.24, 2.45) is 12.8 Å². The number of anilines is 1. The zero-order valence-electron chi connectivity index (χ0n) is 14.8. The first-order chi connectivity index (χ1) is 13.0. The van der Waals surface area contributed by atoms with Crippen molar-refractivity contribution in [2.45, 2.75) is 0 Å². The first-order valence-corrected chi connectivity index (χ1v) is 10.1. The maximum Gasteiger partial charge on any atom is 0.250 e. The Hall–Kier alpha value is -2.98. The number of aromatic nitrogens is 3. The minimum Gasteiger partial charge on any atom is -0.366 e. The highest BCUT2D eigenvalue weighted by molar-refractivity contribution is 7.92. The standard InChI is InChI=1S/C17H15ClFN5O3S/c1-24-14(17-21-7-11(19)8-22-17)6-13(16(20)25)15(24)9-3-10(18)5-12(4-9)23-28(2,26)27/h3-8,23H,1-2H3,(H2,20,25). The predicted octanol–water partition coefficient (Wildman–Crippen LogP) is 2.41. The number of carbonyl (C=O) groups is 1. The molecule has 2 aromatic heterocycles. The van der Waals surface area contributed by atoms with Gasteiger partial charge in [0.05, 0.1) is 41.3 Å². The van der Waals surface area contributed by atoms with Crippen LogP contribution in [0.4, 0.5) is 10.1 Å². The van der Waals surface area contributed by atoms with Crippen LogP contribution in [0.25, 0.3) is 22.8 Å². The van der Waals surface area contributed by atoms with Crippen LogP contribution in [0.5, 0.6) is 0 Å². The summed E-state index contributed by atoms with van der Waals surface area (Å²) >= 11 is 6.13. The van der Waals surface area contributed by atoms with Crippen LogP contribution < -0.4 is 10.5 Å². The van der Waals surface area contributed by atoms with Crippen LogP contribution in [0.2, 0.25) is 5.02 Å². The Morgan fingerprint density at radius 2 is 1.86 bits per heavy atom. The van der Waals surface area contributed by atoms with E-state index in [2.05, 4.69) is 14.7 Å². The molecule has 0 spiro atoms. The Morgan fingerprint density at radius 1 is 1.21 bits per heavy atom. The van der Waals surface area contributed by atoms with Crippen LogP contribution in [0.1, 0.15) is 10.4 Å². The molecule has 0 fully saturated rings. The van der Waals surface area contributed by atoms with Crippen molar-refractivity contribution in [3.8, 4) is 22.8 Å². The van der Waals surface area contributed by atoms with Crippen molar-refractivity contribution in [2.75, 3.05) is 11.0 Å². The summed E-state index contributed by atoms with van der Waals surface area (Å²) in [6, 6.07) is 5.99. The third-order valence-electron chi connectivity index (χ3n) is 3.82. The highest BCUT2D eigenvalue weighted by atomic mass is 35.5. The normalized spacial score (nSPS) is 11.4. The van der Waals surface area contributed by atoms with Crippen molar-refractivity contribution >= 4 is 33.2 Å². The van der Waals surface area contributed by atoms with Gasteiger partial charge in [0.2, 0.25) is 10.0 Å². The number of benzene rings is 1. The maximum absolute atomic E-state index is 13.1. The van der Waals surface area contributed by atoms with Gasteiger partial charge in [0, 0.05) is 17.6 Å². The molecule has 0 saturated heterocycles. The van der Waals surface area contributed by atoms with Gasteiger partial charge >= 0.3 is 0 Å². The number of nitrogens with two attached hydrogens (primary N) is 1. The van der Waals surface area contributed by atoms with Crippen molar-refractivity contribution in [1.82, 2.24) is 14.5 Å². The van der Waals surface area contributed by atoms with Crippen molar-refractivity contribution in [3.63, 3.8) is 0 Å². The molecule has 0 radical (unpaired) electrons. The van der Waals surface area contributed by atoms with Crippen molar-refractivity contribution in [3.05, 3.63) is 53.1 Å².